The zero-order valence-corrected chi connectivity index (χ0v) is 15.0. The highest BCUT2D eigenvalue weighted by Crippen LogP contribution is 2.35. The fourth-order valence-corrected chi connectivity index (χ4v) is 3.45. The maximum Gasteiger partial charge on any atom is 0.303 e. The van der Waals surface area contributed by atoms with Crippen molar-refractivity contribution in [3.05, 3.63) is 11.6 Å². The minimum Gasteiger partial charge on any atom is -0.481 e. The quantitative estimate of drug-likeness (QED) is 0.487. The molecule has 2 rings (SSSR count). The number of hydrogen-bond acceptors (Lipinski definition) is 4. The first-order chi connectivity index (χ1) is 11.5. The number of ether oxygens (including phenoxy) is 1. The summed E-state index contributed by atoms with van der Waals surface area (Å²) in [6.07, 6.45) is 11.3. The van der Waals surface area contributed by atoms with Gasteiger partial charge in [-0.15, -0.1) is 0 Å². The molecule has 1 aliphatic carbocycles. The zero-order valence-electron chi connectivity index (χ0n) is 15.0. The molecule has 1 heterocycles. The van der Waals surface area contributed by atoms with Gasteiger partial charge in [0.1, 0.15) is 0 Å². The largest absolute Gasteiger partial charge is 0.481 e. The van der Waals surface area contributed by atoms with Crippen LogP contribution in [0.25, 0.3) is 0 Å². The predicted molar refractivity (Wildman–Crippen MR) is 93.6 cm³/mol. The lowest BCUT2D eigenvalue weighted by molar-refractivity contribution is -0.137. The van der Waals surface area contributed by atoms with Gasteiger partial charge in [-0.2, -0.15) is 0 Å². The fourth-order valence-electron chi connectivity index (χ4n) is 3.45. The number of carboxylic acid groups (broad SMARTS) is 1. The van der Waals surface area contributed by atoms with E-state index in [1.54, 1.807) is 0 Å². The van der Waals surface area contributed by atoms with E-state index in [0.29, 0.717) is 18.4 Å². The van der Waals surface area contributed by atoms with Gasteiger partial charge in [0.25, 0.3) is 0 Å². The smallest absolute Gasteiger partial charge is 0.303 e. The molecule has 0 aromatic heterocycles. The van der Waals surface area contributed by atoms with Gasteiger partial charge in [-0.05, 0) is 70.1 Å². The van der Waals surface area contributed by atoms with Crippen LogP contribution in [0.4, 0.5) is 0 Å². The molecule has 140 valence electrons. The van der Waals surface area contributed by atoms with E-state index in [-0.39, 0.29) is 6.42 Å². The summed E-state index contributed by atoms with van der Waals surface area (Å²) in [6.45, 7) is 3.17. The lowest BCUT2D eigenvalue weighted by atomic mass is 9.90. The Balaban J connectivity index is 0.000000341. The first-order valence-electron chi connectivity index (χ1n) is 9.31. The molecule has 1 saturated heterocycles. The summed E-state index contributed by atoms with van der Waals surface area (Å²) in [4.78, 5) is 10.4. The summed E-state index contributed by atoms with van der Waals surface area (Å²) in [7, 11) is 0. The lowest BCUT2D eigenvalue weighted by Crippen LogP contribution is -2.17. The molecule has 0 radical (unpaired) electrons. The number of carboxylic acids is 1. The van der Waals surface area contributed by atoms with E-state index in [0.717, 1.165) is 51.6 Å². The highest BCUT2D eigenvalue weighted by atomic mass is 16.6. The molecule has 1 saturated carbocycles. The first-order valence-corrected chi connectivity index (χ1v) is 9.31. The molecule has 24 heavy (non-hydrogen) atoms. The van der Waals surface area contributed by atoms with Crippen molar-refractivity contribution in [1.82, 2.24) is 0 Å². The number of unbranched alkanes of at least 4 members (excludes halogenated alkanes) is 1. The van der Waals surface area contributed by atoms with Gasteiger partial charge in [0.05, 0.1) is 0 Å². The van der Waals surface area contributed by atoms with Crippen molar-refractivity contribution in [3.8, 4) is 0 Å². The van der Waals surface area contributed by atoms with E-state index >= 15 is 0 Å². The summed E-state index contributed by atoms with van der Waals surface area (Å²) < 4.78 is 4.83. The minimum atomic E-state index is -0.716. The van der Waals surface area contributed by atoms with E-state index in [2.05, 4.69) is 13.0 Å². The van der Waals surface area contributed by atoms with Gasteiger partial charge in [-0.25, -0.2) is 0 Å². The van der Waals surface area contributed by atoms with Crippen LogP contribution in [-0.4, -0.2) is 40.8 Å². The Hall–Kier alpha value is -0.910. The average Bonchev–Trinajstić information content (AvgIpc) is 3.00. The summed E-state index contributed by atoms with van der Waals surface area (Å²) >= 11 is 0. The van der Waals surface area contributed by atoms with Crippen molar-refractivity contribution in [2.75, 3.05) is 13.2 Å². The average molecular weight is 342 g/mol. The van der Waals surface area contributed by atoms with Crippen molar-refractivity contribution in [2.24, 2.45) is 11.8 Å². The third-order valence-electron chi connectivity index (χ3n) is 4.88. The number of allylic oxidation sites excluding steroid dienone is 2. The zero-order chi connectivity index (χ0) is 17.8. The molecule has 0 aromatic rings. The van der Waals surface area contributed by atoms with Gasteiger partial charge in [-0.1, -0.05) is 18.1 Å². The maximum atomic E-state index is 10.4. The third-order valence-corrected chi connectivity index (χ3v) is 4.88. The summed E-state index contributed by atoms with van der Waals surface area (Å²) in [5, 5.41) is 26.5. The first kappa shape index (κ1) is 21.1. The Kier molecular flexibility index (Phi) is 11.0. The van der Waals surface area contributed by atoms with E-state index in [1.807, 2.05) is 0 Å². The summed E-state index contributed by atoms with van der Waals surface area (Å²) in [6, 6.07) is 0. The van der Waals surface area contributed by atoms with Crippen molar-refractivity contribution in [2.45, 2.75) is 77.4 Å². The van der Waals surface area contributed by atoms with Crippen molar-refractivity contribution in [1.29, 1.82) is 0 Å². The monoisotopic (exact) mass is 342 g/mol. The predicted octanol–water partition coefficient (Wildman–Crippen LogP) is 3.49. The Labute approximate surface area is 145 Å². The topological polar surface area (TPSA) is 87.0 Å². The third kappa shape index (κ3) is 9.40. The van der Waals surface area contributed by atoms with Crippen molar-refractivity contribution >= 4 is 5.97 Å². The molecule has 3 atom stereocenters. The van der Waals surface area contributed by atoms with Crippen molar-refractivity contribution in [3.63, 3.8) is 0 Å². The Bertz CT molecular complexity index is 374. The second kappa shape index (κ2) is 12.5. The lowest BCUT2D eigenvalue weighted by Gasteiger charge is -2.17. The Morgan fingerprint density at radius 3 is 2.46 bits per heavy atom. The number of aliphatic hydroxyl groups excluding tert-OH is 2. The maximum absolute atomic E-state index is 10.4. The molecule has 5 heteroatoms. The van der Waals surface area contributed by atoms with Crippen LogP contribution in [0.3, 0.4) is 0 Å². The summed E-state index contributed by atoms with van der Waals surface area (Å²) in [5.41, 5.74) is 1.35. The van der Waals surface area contributed by atoms with E-state index in [1.165, 1.54) is 18.4 Å². The SMILES string of the molecule is C/C(=C\CCCC(=O)O)C[C@H]1CCCC1CO.OC1CCCCO1. The number of aliphatic carboxylic acids is 1. The van der Waals surface area contributed by atoms with Crippen LogP contribution < -0.4 is 0 Å². The molecule has 2 unspecified atom stereocenters. The highest BCUT2D eigenvalue weighted by molar-refractivity contribution is 5.66. The fraction of sp³-hybridized carbons (Fsp3) is 0.842. The molecule has 0 spiro atoms. The van der Waals surface area contributed by atoms with Gasteiger partial charge < -0.3 is 20.1 Å². The van der Waals surface area contributed by atoms with Crippen LogP contribution >= 0.6 is 0 Å². The molecule has 5 nitrogen and oxygen atoms in total. The molecule has 1 aliphatic heterocycles. The summed E-state index contributed by atoms with van der Waals surface area (Å²) in [5.74, 6) is 0.403. The molecule has 0 aromatic carbocycles. The number of carbonyl (C=O) groups is 1. The molecule has 0 bridgehead atoms. The van der Waals surface area contributed by atoms with E-state index in [9.17, 15) is 9.90 Å². The van der Waals surface area contributed by atoms with E-state index in [4.69, 9.17) is 14.9 Å². The number of rotatable bonds is 7. The molecule has 2 fully saturated rings. The van der Waals surface area contributed by atoms with Crippen molar-refractivity contribution < 1.29 is 24.9 Å². The minimum absolute atomic E-state index is 0.256. The van der Waals surface area contributed by atoms with Gasteiger partial charge in [0.2, 0.25) is 0 Å². The molecule has 2 aliphatic rings. The van der Waals surface area contributed by atoms with Crippen LogP contribution in [0.5, 0.6) is 0 Å². The normalized spacial score (nSPS) is 27.5. The molecule has 3 N–H and O–H groups in total. The number of hydrogen-bond donors (Lipinski definition) is 3. The standard InChI is InChI=1S/C14H24O3.C5H10O2/c1-11(5-2-3-8-14(16)17)9-12-6-4-7-13(12)10-15;6-5-3-1-2-4-7-5/h5,12-13,15H,2-4,6-10H2,1H3,(H,16,17);5-6H,1-4H2/b11-5+;/t12-,13?;/m1./s1. The Morgan fingerprint density at radius 2 is 1.92 bits per heavy atom. The van der Waals surface area contributed by atoms with Crippen LogP contribution in [0.1, 0.15) is 71.1 Å². The van der Waals surface area contributed by atoms with Crippen LogP contribution in [0.2, 0.25) is 0 Å². The number of aliphatic hydroxyl groups is 2. The highest BCUT2D eigenvalue weighted by Gasteiger charge is 2.26. The molecule has 0 amide bonds. The van der Waals surface area contributed by atoms with Crippen LogP contribution in [-0.2, 0) is 9.53 Å². The molecular formula is C19H34O5. The van der Waals surface area contributed by atoms with Gasteiger partial charge in [-0.3, -0.25) is 4.79 Å². The molecular weight excluding hydrogens is 308 g/mol. The second-order valence-electron chi connectivity index (χ2n) is 7.00. The second-order valence-corrected chi connectivity index (χ2v) is 7.00. The van der Waals surface area contributed by atoms with Gasteiger partial charge in [0, 0.05) is 19.6 Å². The van der Waals surface area contributed by atoms with E-state index < -0.39 is 12.3 Å². The van der Waals surface area contributed by atoms with Crippen LogP contribution in [0, 0.1) is 11.8 Å². The Morgan fingerprint density at radius 1 is 1.17 bits per heavy atom. The van der Waals surface area contributed by atoms with Crippen LogP contribution in [0.15, 0.2) is 11.6 Å². The van der Waals surface area contributed by atoms with Gasteiger partial charge in [0.15, 0.2) is 6.29 Å². The van der Waals surface area contributed by atoms with Gasteiger partial charge >= 0.3 is 5.97 Å².